The molecule has 0 N–H and O–H groups in total. The van der Waals surface area contributed by atoms with Crippen LogP contribution in [0.4, 0.5) is 0 Å². The third kappa shape index (κ3) is 3.69. The summed E-state index contributed by atoms with van der Waals surface area (Å²) in [6.45, 7) is 3.60. The Morgan fingerprint density at radius 2 is 1.56 bits per heavy atom. The van der Waals surface area contributed by atoms with Gasteiger partial charge in [0.05, 0.1) is 13.0 Å². The summed E-state index contributed by atoms with van der Waals surface area (Å²) in [7, 11) is 1.61. The minimum absolute atomic E-state index is 0.0256. The lowest BCUT2D eigenvalue weighted by molar-refractivity contribution is -0.132. The largest absolute Gasteiger partial charge is 0.497 e. The van der Waals surface area contributed by atoms with Crippen molar-refractivity contribution < 1.29 is 14.3 Å². The van der Waals surface area contributed by atoms with Crippen molar-refractivity contribution in [2.45, 2.75) is 33.1 Å². The minimum atomic E-state index is -0.492. The maximum Gasteiger partial charge on any atom is 0.143 e. The Morgan fingerprint density at radius 1 is 1.06 bits per heavy atom. The lowest BCUT2D eigenvalue weighted by Gasteiger charge is -2.13. The first-order valence-electron chi connectivity index (χ1n) is 6.30. The molecule has 1 aromatic rings. The molecule has 98 valence electrons. The van der Waals surface area contributed by atoms with Crippen molar-refractivity contribution in [2.24, 2.45) is 5.92 Å². The first kappa shape index (κ1) is 14.4. The van der Waals surface area contributed by atoms with Gasteiger partial charge in [-0.3, -0.25) is 9.59 Å². The maximum atomic E-state index is 11.8. The summed E-state index contributed by atoms with van der Waals surface area (Å²) in [5.41, 5.74) is 0.990. The van der Waals surface area contributed by atoms with Crippen LogP contribution in [0, 0.1) is 5.92 Å². The normalized spacial score (nSPS) is 10.4. The highest BCUT2D eigenvalue weighted by molar-refractivity contribution is 6.02. The number of carbonyl (C=O) groups excluding carboxylic acids is 2. The molecule has 0 aliphatic carbocycles. The predicted octanol–water partition coefficient (Wildman–Crippen LogP) is 2.81. The fraction of sp³-hybridized carbons (Fsp3) is 0.467. The van der Waals surface area contributed by atoms with Crippen LogP contribution in [0.3, 0.4) is 0 Å². The fourth-order valence-electron chi connectivity index (χ4n) is 1.90. The molecule has 0 atom stereocenters. The summed E-state index contributed by atoms with van der Waals surface area (Å²) in [5.74, 6) is 0.336. The van der Waals surface area contributed by atoms with Crippen LogP contribution in [-0.4, -0.2) is 18.7 Å². The molecular weight excluding hydrogens is 228 g/mol. The minimum Gasteiger partial charge on any atom is -0.497 e. The molecule has 3 nitrogen and oxygen atoms in total. The topological polar surface area (TPSA) is 43.4 Å². The van der Waals surface area contributed by atoms with Crippen molar-refractivity contribution in [1.82, 2.24) is 0 Å². The van der Waals surface area contributed by atoms with Crippen molar-refractivity contribution in [1.29, 1.82) is 0 Å². The summed E-state index contributed by atoms with van der Waals surface area (Å²) in [6, 6.07) is 7.49. The average Bonchev–Trinajstić information content (AvgIpc) is 2.43. The molecule has 0 heterocycles. The monoisotopic (exact) mass is 248 g/mol. The number of methoxy groups -OCH3 is 1. The zero-order valence-corrected chi connectivity index (χ0v) is 11.2. The van der Waals surface area contributed by atoms with Gasteiger partial charge in [0, 0.05) is 12.8 Å². The van der Waals surface area contributed by atoms with Gasteiger partial charge in [-0.25, -0.2) is 0 Å². The van der Waals surface area contributed by atoms with Gasteiger partial charge < -0.3 is 4.74 Å². The maximum absolute atomic E-state index is 11.8. The fourth-order valence-corrected chi connectivity index (χ4v) is 1.90. The standard InChI is InChI=1S/C15H20O3/c1-4-14(16)13(15(17)5-2)10-11-6-8-12(18-3)9-7-11/h6-9,13H,4-5,10H2,1-3H3. The Morgan fingerprint density at radius 3 is 1.94 bits per heavy atom. The van der Waals surface area contributed by atoms with Crippen molar-refractivity contribution in [3.8, 4) is 5.75 Å². The van der Waals surface area contributed by atoms with Gasteiger partial charge in [-0.05, 0) is 24.1 Å². The highest BCUT2D eigenvalue weighted by atomic mass is 16.5. The van der Waals surface area contributed by atoms with Gasteiger partial charge in [-0.1, -0.05) is 26.0 Å². The summed E-state index contributed by atoms with van der Waals surface area (Å²) < 4.78 is 5.08. The highest BCUT2D eigenvalue weighted by Gasteiger charge is 2.23. The van der Waals surface area contributed by atoms with E-state index in [0.717, 1.165) is 11.3 Å². The van der Waals surface area contributed by atoms with Gasteiger partial charge in [0.2, 0.25) is 0 Å². The molecular formula is C15H20O3. The van der Waals surface area contributed by atoms with Gasteiger partial charge in [0.15, 0.2) is 0 Å². The van der Waals surface area contributed by atoms with Crippen LogP contribution in [0.1, 0.15) is 32.3 Å². The number of hydrogen-bond donors (Lipinski definition) is 0. The summed E-state index contributed by atoms with van der Waals surface area (Å²) in [4.78, 5) is 23.6. The Hall–Kier alpha value is -1.64. The molecule has 1 aromatic carbocycles. The first-order valence-corrected chi connectivity index (χ1v) is 6.30. The van der Waals surface area contributed by atoms with E-state index in [0.29, 0.717) is 19.3 Å². The molecule has 0 saturated carbocycles. The zero-order chi connectivity index (χ0) is 13.5. The molecule has 0 fully saturated rings. The van der Waals surface area contributed by atoms with Crippen LogP contribution in [0.15, 0.2) is 24.3 Å². The highest BCUT2D eigenvalue weighted by Crippen LogP contribution is 2.17. The molecule has 0 bridgehead atoms. The lowest BCUT2D eigenvalue weighted by atomic mass is 9.89. The van der Waals surface area contributed by atoms with Gasteiger partial charge in [0.25, 0.3) is 0 Å². The SMILES string of the molecule is CCC(=O)C(Cc1ccc(OC)cc1)C(=O)CC. The smallest absolute Gasteiger partial charge is 0.143 e. The third-order valence-corrected chi connectivity index (χ3v) is 3.07. The zero-order valence-electron chi connectivity index (χ0n) is 11.2. The summed E-state index contributed by atoms with van der Waals surface area (Å²) in [6.07, 6.45) is 1.31. The molecule has 0 unspecified atom stereocenters. The molecule has 0 aliphatic heterocycles. The van der Waals surface area contributed by atoms with E-state index in [9.17, 15) is 9.59 Å². The van der Waals surface area contributed by atoms with Crippen LogP contribution in [0.25, 0.3) is 0 Å². The number of carbonyl (C=O) groups is 2. The van der Waals surface area contributed by atoms with Crippen molar-refractivity contribution in [3.63, 3.8) is 0 Å². The van der Waals surface area contributed by atoms with E-state index in [1.54, 1.807) is 21.0 Å². The second-order valence-electron chi connectivity index (χ2n) is 4.24. The van der Waals surface area contributed by atoms with Gasteiger partial charge in [-0.2, -0.15) is 0 Å². The Balaban J connectivity index is 2.82. The molecule has 0 aromatic heterocycles. The summed E-state index contributed by atoms with van der Waals surface area (Å²) >= 11 is 0. The quantitative estimate of drug-likeness (QED) is 0.697. The number of ketones is 2. The Kier molecular flexibility index (Phi) is 5.56. The number of Topliss-reactive ketones (excluding diaryl/α,β-unsaturated/α-hetero) is 2. The molecule has 0 saturated heterocycles. The third-order valence-electron chi connectivity index (χ3n) is 3.07. The first-order chi connectivity index (χ1) is 8.62. The van der Waals surface area contributed by atoms with Crippen LogP contribution < -0.4 is 4.74 Å². The lowest BCUT2D eigenvalue weighted by Crippen LogP contribution is -2.25. The van der Waals surface area contributed by atoms with Crippen LogP contribution in [0.5, 0.6) is 5.75 Å². The average molecular weight is 248 g/mol. The van der Waals surface area contributed by atoms with Gasteiger partial charge >= 0.3 is 0 Å². The van der Waals surface area contributed by atoms with Crippen molar-refractivity contribution >= 4 is 11.6 Å². The molecule has 0 spiro atoms. The predicted molar refractivity (Wildman–Crippen MR) is 70.8 cm³/mol. The van der Waals surface area contributed by atoms with E-state index in [-0.39, 0.29) is 11.6 Å². The molecule has 18 heavy (non-hydrogen) atoms. The number of rotatable bonds is 7. The molecule has 1 rings (SSSR count). The molecule has 0 amide bonds. The van der Waals surface area contributed by atoms with Gasteiger partial charge in [-0.15, -0.1) is 0 Å². The molecule has 0 aliphatic rings. The Bertz CT molecular complexity index is 390. The van der Waals surface area contributed by atoms with Crippen molar-refractivity contribution in [2.75, 3.05) is 7.11 Å². The van der Waals surface area contributed by atoms with E-state index >= 15 is 0 Å². The second kappa shape index (κ2) is 6.94. The summed E-state index contributed by atoms with van der Waals surface area (Å²) in [5, 5.41) is 0. The Labute approximate surface area is 108 Å². The van der Waals surface area contributed by atoms with Crippen LogP contribution >= 0.6 is 0 Å². The van der Waals surface area contributed by atoms with Crippen molar-refractivity contribution in [3.05, 3.63) is 29.8 Å². The van der Waals surface area contributed by atoms with E-state index in [1.165, 1.54) is 0 Å². The number of ether oxygens (including phenoxy) is 1. The van der Waals surface area contributed by atoms with Gasteiger partial charge in [0.1, 0.15) is 17.3 Å². The molecule has 3 heteroatoms. The van der Waals surface area contributed by atoms with E-state index in [4.69, 9.17) is 4.74 Å². The van der Waals surface area contributed by atoms with E-state index < -0.39 is 5.92 Å². The number of benzene rings is 1. The van der Waals surface area contributed by atoms with Crippen LogP contribution in [0.2, 0.25) is 0 Å². The molecule has 0 radical (unpaired) electrons. The second-order valence-corrected chi connectivity index (χ2v) is 4.24. The van der Waals surface area contributed by atoms with E-state index in [1.807, 2.05) is 24.3 Å². The van der Waals surface area contributed by atoms with E-state index in [2.05, 4.69) is 0 Å². The number of hydrogen-bond acceptors (Lipinski definition) is 3. The van der Waals surface area contributed by atoms with Crippen LogP contribution in [-0.2, 0) is 16.0 Å².